The number of phenolic OH excluding ortho intramolecular Hbond substituents is 1. The largest absolute Gasteiger partial charge is 0.505 e. The van der Waals surface area contributed by atoms with Crippen molar-refractivity contribution in [2.75, 3.05) is 30.5 Å². The van der Waals surface area contributed by atoms with Crippen molar-refractivity contribution < 1.29 is 19.4 Å². The molecule has 0 unspecified atom stereocenters. The normalized spacial score (nSPS) is 15.8. The number of nitrogens with zero attached hydrogens (tertiary/aromatic N) is 3. The number of carbonyl (C=O) groups is 1. The lowest BCUT2D eigenvalue weighted by Crippen LogP contribution is -2.27. The zero-order chi connectivity index (χ0) is 24.6. The van der Waals surface area contributed by atoms with E-state index in [4.69, 9.17) is 9.47 Å². The van der Waals surface area contributed by atoms with Gasteiger partial charge in [0.2, 0.25) is 6.79 Å². The predicted octanol–water partition coefficient (Wildman–Crippen LogP) is 5.15. The highest BCUT2D eigenvalue weighted by Crippen LogP contribution is 2.42. The van der Waals surface area contributed by atoms with Crippen molar-refractivity contribution in [2.24, 2.45) is 5.41 Å². The van der Waals surface area contributed by atoms with Crippen LogP contribution in [0.5, 0.6) is 17.2 Å². The van der Waals surface area contributed by atoms with Gasteiger partial charge in [-0.3, -0.25) is 4.79 Å². The molecule has 9 nitrogen and oxygen atoms in total. The molecule has 0 spiro atoms. The number of aromatic nitrogens is 2. The molecule has 5 rings (SSSR count). The third-order valence-corrected chi connectivity index (χ3v) is 6.81. The van der Waals surface area contributed by atoms with Gasteiger partial charge in [0.1, 0.15) is 0 Å². The lowest BCUT2D eigenvalue weighted by molar-refractivity contribution is 0.0790. The van der Waals surface area contributed by atoms with Crippen LogP contribution in [0.2, 0.25) is 0 Å². The first-order valence-corrected chi connectivity index (χ1v) is 12.4. The van der Waals surface area contributed by atoms with Gasteiger partial charge in [-0.2, -0.15) is 8.75 Å². The number of benzene rings is 2. The molecule has 3 heterocycles. The summed E-state index contributed by atoms with van der Waals surface area (Å²) in [6, 6.07) is 10.9. The van der Waals surface area contributed by atoms with Crippen LogP contribution in [0.25, 0.3) is 0 Å². The summed E-state index contributed by atoms with van der Waals surface area (Å²) in [6.45, 7) is 8.08. The van der Waals surface area contributed by atoms with E-state index < -0.39 is 0 Å². The summed E-state index contributed by atoms with van der Waals surface area (Å²) < 4.78 is 19.9. The van der Waals surface area contributed by atoms with Gasteiger partial charge < -0.3 is 30.1 Å². The molecule has 3 N–H and O–H groups in total. The van der Waals surface area contributed by atoms with Gasteiger partial charge in [0.05, 0.1) is 29.0 Å². The number of aromatic hydroxyl groups is 1. The van der Waals surface area contributed by atoms with Crippen LogP contribution in [-0.2, 0) is 0 Å². The van der Waals surface area contributed by atoms with E-state index in [1.807, 2.05) is 18.2 Å². The molecule has 2 aliphatic rings. The van der Waals surface area contributed by atoms with Crippen molar-refractivity contribution in [3.8, 4) is 17.2 Å². The Hall–Kier alpha value is -3.53. The molecule has 0 bridgehead atoms. The first kappa shape index (κ1) is 23.2. The molecule has 2 aromatic carbocycles. The van der Waals surface area contributed by atoms with E-state index in [2.05, 4.69) is 40.2 Å². The maximum atomic E-state index is 12.9. The first-order valence-electron chi connectivity index (χ1n) is 11.7. The van der Waals surface area contributed by atoms with Gasteiger partial charge in [0.25, 0.3) is 5.91 Å². The number of hydrogen-bond donors (Lipinski definition) is 3. The summed E-state index contributed by atoms with van der Waals surface area (Å²) in [6.07, 6.45) is 1.98. The van der Waals surface area contributed by atoms with Crippen LogP contribution in [0, 0.1) is 5.41 Å². The SMILES string of the molecule is CC(C)(C)[C@@H](Nc1nsnc1Nc1cccc(C(=O)N2CCCC2)c1O)c1ccc2c(c1)OCO2. The molecule has 1 fully saturated rings. The molecule has 184 valence electrons. The highest BCUT2D eigenvalue weighted by molar-refractivity contribution is 6.99. The Morgan fingerprint density at radius 1 is 1.09 bits per heavy atom. The molecular formula is C25H29N5O4S. The van der Waals surface area contributed by atoms with Gasteiger partial charge in [0, 0.05) is 13.1 Å². The summed E-state index contributed by atoms with van der Waals surface area (Å²) >= 11 is 1.06. The Morgan fingerprint density at radius 2 is 1.83 bits per heavy atom. The van der Waals surface area contributed by atoms with Crippen molar-refractivity contribution in [3.63, 3.8) is 0 Å². The van der Waals surface area contributed by atoms with E-state index in [-0.39, 0.29) is 35.5 Å². The van der Waals surface area contributed by atoms with E-state index >= 15 is 0 Å². The van der Waals surface area contributed by atoms with E-state index in [0.717, 1.165) is 41.6 Å². The van der Waals surface area contributed by atoms with Gasteiger partial charge in [-0.05, 0) is 48.1 Å². The number of hydrogen-bond acceptors (Lipinski definition) is 9. The number of para-hydroxylation sites is 1. The molecule has 0 saturated carbocycles. The number of amides is 1. The molecule has 1 aromatic heterocycles. The Kier molecular flexibility index (Phi) is 6.14. The molecule has 35 heavy (non-hydrogen) atoms. The van der Waals surface area contributed by atoms with Gasteiger partial charge in [-0.1, -0.05) is 32.9 Å². The predicted molar refractivity (Wildman–Crippen MR) is 135 cm³/mol. The Bertz CT molecular complexity index is 1230. The minimum Gasteiger partial charge on any atom is -0.505 e. The Balaban J connectivity index is 1.40. The molecule has 1 saturated heterocycles. The highest BCUT2D eigenvalue weighted by atomic mass is 32.1. The summed E-state index contributed by atoms with van der Waals surface area (Å²) in [5.41, 5.74) is 1.55. The number of rotatable bonds is 6. The van der Waals surface area contributed by atoms with Crippen LogP contribution < -0.4 is 20.1 Å². The zero-order valence-corrected chi connectivity index (χ0v) is 20.8. The second-order valence-corrected chi connectivity index (χ2v) is 10.4. The van der Waals surface area contributed by atoms with Crippen molar-refractivity contribution in [1.82, 2.24) is 13.6 Å². The van der Waals surface area contributed by atoms with Gasteiger partial charge >= 0.3 is 0 Å². The van der Waals surface area contributed by atoms with Gasteiger partial charge in [-0.25, -0.2) is 0 Å². The zero-order valence-electron chi connectivity index (χ0n) is 20.0. The van der Waals surface area contributed by atoms with Crippen LogP contribution >= 0.6 is 11.7 Å². The monoisotopic (exact) mass is 495 g/mol. The van der Waals surface area contributed by atoms with Crippen molar-refractivity contribution in [3.05, 3.63) is 47.5 Å². The summed E-state index contributed by atoms with van der Waals surface area (Å²) in [4.78, 5) is 14.6. The maximum absolute atomic E-state index is 12.9. The molecular weight excluding hydrogens is 466 g/mol. The molecule has 0 aliphatic carbocycles. The maximum Gasteiger partial charge on any atom is 0.257 e. The molecule has 0 radical (unpaired) electrons. The number of fused-ring (bicyclic) bond motifs is 1. The van der Waals surface area contributed by atoms with Crippen LogP contribution in [-0.4, -0.2) is 44.5 Å². The van der Waals surface area contributed by atoms with Crippen LogP contribution in [0.4, 0.5) is 17.3 Å². The van der Waals surface area contributed by atoms with E-state index in [9.17, 15) is 9.90 Å². The fourth-order valence-corrected chi connectivity index (χ4v) is 4.91. The van der Waals surface area contributed by atoms with Crippen molar-refractivity contribution in [2.45, 2.75) is 39.7 Å². The van der Waals surface area contributed by atoms with E-state index in [0.29, 0.717) is 30.4 Å². The number of likely N-dealkylation sites (tertiary alicyclic amines) is 1. The quantitative estimate of drug-likeness (QED) is 0.403. The number of anilines is 3. The Morgan fingerprint density at radius 3 is 2.60 bits per heavy atom. The third-order valence-electron chi connectivity index (χ3n) is 6.28. The topological polar surface area (TPSA) is 109 Å². The standard InChI is InChI=1S/C25H29N5O4S/c1-25(2,3)21(15-9-10-18-19(13-15)34-14-33-18)27-23-22(28-35-29-23)26-17-8-6-7-16(20(17)31)24(32)30-11-4-5-12-30/h6-10,13,21,31H,4-5,11-12,14H2,1-3H3,(H,26,28)(H,27,29)/t21-/m0/s1. The van der Waals surface area contributed by atoms with Crippen molar-refractivity contribution in [1.29, 1.82) is 0 Å². The average molecular weight is 496 g/mol. The number of ether oxygens (including phenoxy) is 2. The Labute approximate surface area is 208 Å². The van der Waals surface area contributed by atoms with E-state index in [1.165, 1.54) is 0 Å². The second kappa shape index (κ2) is 9.26. The van der Waals surface area contributed by atoms with Crippen LogP contribution in [0.1, 0.15) is 55.6 Å². The molecule has 1 atom stereocenters. The number of phenols is 1. The van der Waals surface area contributed by atoms with Gasteiger partial charge in [-0.15, -0.1) is 0 Å². The van der Waals surface area contributed by atoms with Crippen molar-refractivity contribution >= 4 is 35.0 Å². The minimum absolute atomic E-state index is 0.0912. The summed E-state index contributed by atoms with van der Waals surface area (Å²) in [5, 5.41) is 17.6. The van der Waals surface area contributed by atoms with Crippen LogP contribution in [0.3, 0.4) is 0 Å². The smallest absolute Gasteiger partial charge is 0.257 e. The summed E-state index contributed by atoms with van der Waals surface area (Å²) in [5.74, 6) is 2.24. The molecule has 10 heteroatoms. The lowest BCUT2D eigenvalue weighted by atomic mass is 9.82. The van der Waals surface area contributed by atoms with E-state index in [1.54, 1.807) is 23.1 Å². The molecule has 2 aliphatic heterocycles. The fraction of sp³-hybridized carbons (Fsp3) is 0.400. The van der Waals surface area contributed by atoms with Crippen LogP contribution in [0.15, 0.2) is 36.4 Å². The number of nitrogens with one attached hydrogen (secondary N) is 2. The fourth-order valence-electron chi connectivity index (χ4n) is 4.43. The number of carbonyl (C=O) groups excluding carboxylic acids is 1. The summed E-state index contributed by atoms with van der Waals surface area (Å²) in [7, 11) is 0. The molecule has 1 amide bonds. The van der Waals surface area contributed by atoms with Gasteiger partial charge in [0.15, 0.2) is 28.9 Å². The first-order chi connectivity index (χ1) is 16.8. The second-order valence-electron chi connectivity index (χ2n) is 9.84. The highest BCUT2D eigenvalue weighted by Gasteiger charge is 2.30. The third kappa shape index (κ3) is 4.70. The lowest BCUT2D eigenvalue weighted by Gasteiger charge is -2.32. The molecule has 3 aromatic rings. The average Bonchev–Trinajstić information content (AvgIpc) is 3.59. The minimum atomic E-state index is -0.168.